The number of anilines is 1. The molecule has 0 bridgehead atoms. The Labute approximate surface area is 185 Å². The van der Waals surface area contributed by atoms with Crippen molar-refractivity contribution < 1.29 is 14.2 Å². The van der Waals surface area contributed by atoms with Crippen LogP contribution in [-0.4, -0.2) is 18.8 Å². The molecule has 31 heavy (non-hydrogen) atoms. The molecule has 0 amide bonds. The lowest BCUT2D eigenvalue weighted by Crippen LogP contribution is -2.50. The number of hydrogen-bond acceptors (Lipinski definition) is 4. The van der Waals surface area contributed by atoms with Crippen molar-refractivity contribution in [2.75, 3.05) is 12.4 Å². The SMILES string of the molecule is COC1c2cc(NCc3ccccc3)ccc2OC(C)(C)C1OCc1ccccc1C. The Morgan fingerprint density at radius 1 is 0.968 bits per heavy atom. The molecule has 4 nitrogen and oxygen atoms in total. The largest absolute Gasteiger partial charge is 0.485 e. The van der Waals surface area contributed by atoms with Gasteiger partial charge in [-0.25, -0.2) is 0 Å². The molecule has 0 saturated carbocycles. The van der Waals surface area contributed by atoms with Gasteiger partial charge in [0.25, 0.3) is 0 Å². The number of ether oxygens (including phenoxy) is 3. The number of aryl methyl sites for hydroxylation is 1. The van der Waals surface area contributed by atoms with Crippen LogP contribution in [0.25, 0.3) is 0 Å². The smallest absolute Gasteiger partial charge is 0.132 e. The maximum absolute atomic E-state index is 6.42. The van der Waals surface area contributed by atoms with E-state index in [-0.39, 0.29) is 12.2 Å². The predicted octanol–water partition coefficient (Wildman–Crippen LogP) is 6.05. The fourth-order valence-corrected chi connectivity index (χ4v) is 4.13. The molecule has 1 aliphatic rings. The summed E-state index contributed by atoms with van der Waals surface area (Å²) in [7, 11) is 1.74. The minimum Gasteiger partial charge on any atom is -0.485 e. The van der Waals surface area contributed by atoms with Gasteiger partial charge >= 0.3 is 0 Å². The Hall–Kier alpha value is -2.82. The van der Waals surface area contributed by atoms with Gasteiger partial charge in [-0.05, 0) is 55.7 Å². The third-order valence-corrected chi connectivity index (χ3v) is 5.92. The molecule has 4 rings (SSSR count). The zero-order valence-electron chi connectivity index (χ0n) is 18.7. The first-order valence-corrected chi connectivity index (χ1v) is 10.8. The van der Waals surface area contributed by atoms with Crippen LogP contribution >= 0.6 is 0 Å². The minimum atomic E-state index is -0.519. The minimum absolute atomic E-state index is 0.221. The fourth-order valence-electron chi connectivity index (χ4n) is 4.13. The van der Waals surface area contributed by atoms with Gasteiger partial charge in [-0.1, -0.05) is 54.6 Å². The molecule has 3 aromatic rings. The van der Waals surface area contributed by atoms with E-state index in [0.29, 0.717) is 6.61 Å². The lowest BCUT2D eigenvalue weighted by Gasteiger charge is -2.44. The summed E-state index contributed by atoms with van der Waals surface area (Å²) >= 11 is 0. The summed E-state index contributed by atoms with van der Waals surface area (Å²) in [5.74, 6) is 0.845. The molecule has 2 unspecified atom stereocenters. The van der Waals surface area contributed by atoms with Crippen LogP contribution in [0.5, 0.6) is 5.75 Å². The van der Waals surface area contributed by atoms with Crippen LogP contribution in [0, 0.1) is 6.92 Å². The summed E-state index contributed by atoms with van der Waals surface area (Å²) in [4.78, 5) is 0. The molecule has 162 valence electrons. The van der Waals surface area contributed by atoms with Crippen molar-refractivity contribution >= 4 is 5.69 Å². The van der Waals surface area contributed by atoms with E-state index in [0.717, 1.165) is 23.5 Å². The van der Waals surface area contributed by atoms with E-state index in [4.69, 9.17) is 14.2 Å². The van der Waals surface area contributed by atoms with Crippen molar-refractivity contribution in [1.29, 1.82) is 0 Å². The van der Waals surface area contributed by atoms with Gasteiger partial charge in [-0.3, -0.25) is 0 Å². The number of methoxy groups -OCH3 is 1. The first-order valence-electron chi connectivity index (χ1n) is 10.8. The van der Waals surface area contributed by atoms with Crippen molar-refractivity contribution in [2.45, 2.75) is 51.7 Å². The molecule has 0 aromatic heterocycles. The number of hydrogen-bond donors (Lipinski definition) is 1. The predicted molar refractivity (Wildman–Crippen MR) is 124 cm³/mol. The molecule has 2 atom stereocenters. The zero-order valence-corrected chi connectivity index (χ0v) is 18.7. The van der Waals surface area contributed by atoms with Crippen LogP contribution in [0.4, 0.5) is 5.69 Å². The van der Waals surface area contributed by atoms with Crippen LogP contribution < -0.4 is 10.1 Å². The molecule has 1 aliphatic heterocycles. The quantitative estimate of drug-likeness (QED) is 0.508. The molecule has 0 spiro atoms. The lowest BCUT2D eigenvalue weighted by molar-refractivity contribution is -0.159. The highest BCUT2D eigenvalue weighted by atomic mass is 16.6. The second-order valence-corrected chi connectivity index (χ2v) is 8.61. The van der Waals surface area contributed by atoms with Gasteiger partial charge in [0.15, 0.2) is 0 Å². The van der Waals surface area contributed by atoms with Gasteiger partial charge in [0.1, 0.15) is 23.6 Å². The topological polar surface area (TPSA) is 39.7 Å². The van der Waals surface area contributed by atoms with Crippen molar-refractivity contribution in [3.05, 3.63) is 95.1 Å². The van der Waals surface area contributed by atoms with Crippen LogP contribution in [0.3, 0.4) is 0 Å². The van der Waals surface area contributed by atoms with Crippen LogP contribution in [0.2, 0.25) is 0 Å². The van der Waals surface area contributed by atoms with Gasteiger partial charge < -0.3 is 19.5 Å². The Morgan fingerprint density at radius 3 is 2.45 bits per heavy atom. The maximum Gasteiger partial charge on any atom is 0.132 e. The average Bonchev–Trinajstić information content (AvgIpc) is 2.77. The highest BCUT2D eigenvalue weighted by Gasteiger charge is 2.45. The number of rotatable bonds is 7. The highest BCUT2D eigenvalue weighted by molar-refractivity contribution is 5.53. The zero-order chi connectivity index (χ0) is 21.8. The molecule has 1 heterocycles. The first-order chi connectivity index (χ1) is 15.0. The molecule has 0 fully saturated rings. The summed E-state index contributed by atoms with van der Waals surface area (Å²) in [6.45, 7) is 7.51. The monoisotopic (exact) mass is 417 g/mol. The van der Waals surface area contributed by atoms with Crippen molar-refractivity contribution in [3.63, 3.8) is 0 Å². The Bertz CT molecular complexity index is 1020. The standard InChI is InChI=1S/C27H31NO3/c1-19-10-8-9-13-21(19)18-30-26-25(29-4)23-16-22(14-15-24(23)31-27(26,2)3)28-17-20-11-6-5-7-12-20/h5-16,25-26,28H,17-18H2,1-4H3. The van der Waals surface area contributed by atoms with Gasteiger partial charge in [-0.2, -0.15) is 0 Å². The van der Waals surface area contributed by atoms with E-state index in [1.807, 2.05) is 24.3 Å². The molecule has 4 heteroatoms. The molecule has 3 aromatic carbocycles. The summed E-state index contributed by atoms with van der Waals surface area (Å²) in [5.41, 5.74) is 5.16. The van der Waals surface area contributed by atoms with Crippen LogP contribution in [0.15, 0.2) is 72.8 Å². The summed E-state index contributed by atoms with van der Waals surface area (Å²) < 4.78 is 18.8. The van der Waals surface area contributed by atoms with E-state index in [2.05, 4.69) is 74.6 Å². The van der Waals surface area contributed by atoms with E-state index < -0.39 is 5.60 Å². The van der Waals surface area contributed by atoms with E-state index >= 15 is 0 Å². The van der Waals surface area contributed by atoms with Crippen molar-refractivity contribution in [3.8, 4) is 5.75 Å². The normalized spacial score (nSPS) is 19.4. The van der Waals surface area contributed by atoms with Crippen LogP contribution in [-0.2, 0) is 22.6 Å². The van der Waals surface area contributed by atoms with Gasteiger partial charge in [0, 0.05) is 24.9 Å². The summed E-state index contributed by atoms with van der Waals surface area (Å²) in [6, 6.07) is 24.9. The highest BCUT2D eigenvalue weighted by Crippen LogP contribution is 2.44. The Balaban J connectivity index is 1.55. The lowest BCUT2D eigenvalue weighted by atomic mass is 9.87. The second-order valence-electron chi connectivity index (χ2n) is 8.61. The molecular formula is C27H31NO3. The van der Waals surface area contributed by atoms with Crippen LogP contribution in [0.1, 0.15) is 42.2 Å². The van der Waals surface area contributed by atoms with Gasteiger partial charge in [0.05, 0.1) is 6.61 Å². The molecule has 0 radical (unpaired) electrons. The third-order valence-electron chi connectivity index (χ3n) is 5.92. The summed E-state index contributed by atoms with van der Waals surface area (Å²) in [5, 5.41) is 3.50. The van der Waals surface area contributed by atoms with Crippen molar-refractivity contribution in [2.24, 2.45) is 0 Å². The first kappa shape index (κ1) is 21.4. The van der Waals surface area contributed by atoms with E-state index in [1.54, 1.807) is 7.11 Å². The van der Waals surface area contributed by atoms with E-state index in [9.17, 15) is 0 Å². The second kappa shape index (κ2) is 9.13. The Kier molecular flexibility index (Phi) is 6.30. The fraction of sp³-hybridized carbons (Fsp3) is 0.333. The number of nitrogens with one attached hydrogen (secondary N) is 1. The molecule has 1 N–H and O–H groups in total. The maximum atomic E-state index is 6.42. The van der Waals surface area contributed by atoms with E-state index in [1.165, 1.54) is 16.7 Å². The molecule has 0 saturated heterocycles. The van der Waals surface area contributed by atoms with Crippen molar-refractivity contribution in [1.82, 2.24) is 0 Å². The number of fused-ring (bicyclic) bond motifs is 1. The third kappa shape index (κ3) is 4.76. The number of benzene rings is 3. The average molecular weight is 418 g/mol. The molecular weight excluding hydrogens is 386 g/mol. The Morgan fingerprint density at radius 2 is 1.71 bits per heavy atom. The van der Waals surface area contributed by atoms with Gasteiger partial charge in [-0.15, -0.1) is 0 Å². The molecule has 0 aliphatic carbocycles. The van der Waals surface area contributed by atoms with Gasteiger partial charge in [0.2, 0.25) is 0 Å². The summed E-state index contributed by atoms with van der Waals surface area (Å²) in [6.07, 6.45) is -0.463.